The van der Waals surface area contributed by atoms with Gasteiger partial charge in [-0.3, -0.25) is 14.2 Å². The van der Waals surface area contributed by atoms with E-state index < -0.39 is 0 Å². The van der Waals surface area contributed by atoms with E-state index in [0.717, 1.165) is 37.9 Å². The van der Waals surface area contributed by atoms with Crippen molar-refractivity contribution in [3.8, 4) is 5.69 Å². The zero-order valence-corrected chi connectivity index (χ0v) is 21.8. The minimum Gasteiger partial charge on any atom is -0.342 e. The first-order valence-electron chi connectivity index (χ1n) is 12.2. The van der Waals surface area contributed by atoms with Gasteiger partial charge in [0.1, 0.15) is 0 Å². The Morgan fingerprint density at radius 2 is 1.75 bits per heavy atom. The van der Waals surface area contributed by atoms with Gasteiger partial charge in [-0.1, -0.05) is 71.9 Å². The van der Waals surface area contributed by atoms with Crippen molar-refractivity contribution >= 4 is 40.2 Å². The lowest BCUT2D eigenvalue weighted by molar-refractivity contribution is -0.129. The number of para-hydroxylation sites is 1. The zero-order chi connectivity index (χ0) is 25.1. The first-order chi connectivity index (χ1) is 17.5. The largest absolute Gasteiger partial charge is 0.342 e. The molecule has 1 amide bonds. The van der Waals surface area contributed by atoms with Gasteiger partial charge in [-0.2, -0.15) is 0 Å². The molecule has 1 fully saturated rings. The van der Waals surface area contributed by atoms with Crippen LogP contribution in [0.25, 0.3) is 16.6 Å². The molecule has 0 atom stereocenters. The number of hydrogen-bond acceptors (Lipinski definition) is 4. The first-order valence-corrected chi connectivity index (χ1v) is 13.6. The average Bonchev–Trinajstić information content (AvgIpc) is 2.90. The molecule has 0 aliphatic carbocycles. The van der Waals surface area contributed by atoms with Crippen LogP contribution in [-0.2, 0) is 11.2 Å². The molecule has 1 aliphatic heterocycles. The van der Waals surface area contributed by atoms with E-state index in [2.05, 4.69) is 24.3 Å². The third-order valence-corrected chi connectivity index (χ3v) is 8.15. The van der Waals surface area contributed by atoms with Gasteiger partial charge in [-0.25, -0.2) is 4.98 Å². The Labute approximate surface area is 220 Å². The molecule has 1 saturated heterocycles. The monoisotopic (exact) mass is 517 g/mol. The fraction of sp³-hybridized carbons (Fsp3) is 0.276. The highest BCUT2D eigenvalue weighted by atomic mass is 35.5. The van der Waals surface area contributed by atoms with E-state index in [1.54, 1.807) is 16.7 Å². The molecule has 1 aliphatic rings. The van der Waals surface area contributed by atoms with Gasteiger partial charge in [0, 0.05) is 18.1 Å². The van der Waals surface area contributed by atoms with Crippen LogP contribution >= 0.6 is 23.4 Å². The molecular formula is C29H28ClN3O2S. The molecule has 0 saturated carbocycles. The topological polar surface area (TPSA) is 55.2 Å². The van der Waals surface area contributed by atoms with Crippen molar-refractivity contribution in [2.45, 2.75) is 31.3 Å². The second kappa shape index (κ2) is 10.9. The second-order valence-corrected chi connectivity index (χ2v) is 10.6. The van der Waals surface area contributed by atoms with Crippen LogP contribution in [0.1, 0.15) is 24.0 Å². The number of likely N-dealkylation sites (tertiary alicyclic amines) is 1. The number of aryl methyl sites for hydroxylation is 1. The minimum absolute atomic E-state index is 0.0778. The van der Waals surface area contributed by atoms with E-state index in [1.165, 1.54) is 17.3 Å². The molecule has 2 heterocycles. The number of nitrogens with zero attached hydrogens (tertiary/aromatic N) is 3. The van der Waals surface area contributed by atoms with Crippen molar-refractivity contribution in [2.24, 2.45) is 5.92 Å². The Morgan fingerprint density at radius 3 is 2.50 bits per heavy atom. The number of piperidine rings is 1. The fourth-order valence-corrected chi connectivity index (χ4v) is 5.80. The van der Waals surface area contributed by atoms with Crippen molar-refractivity contribution in [1.29, 1.82) is 0 Å². The molecule has 5 nitrogen and oxygen atoms in total. The summed E-state index contributed by atoms with van der Waals surface area (Å²) in [5.74, 6) is 0.907. The lowest BCUT2D eigenvalue weighted by Crippen LogP contribution is -2.40. The number of carbonyl (C=O) groups is 1. The number of fused-ring (bicyclic) bond motifs is 1. The number of carbonyl (C=O) groups excluding carboxylic acids is 1. The standard InChI is InChI=1S/C29H28ClN3O2S/c1-20-11-12-23(18-25(20)30)33-28(35)24-9-5-6-10-26(24)31-29(33)36-19-27(34)32-15-13-22(14-16-32)17-21-7-3-2-4-8-21/h2-12,18,22H,13-17,19H2,1H3. The van der Waals surface area contributed by atoms with Crippen LogP contribution in [0.15, 0.2) is 82.7 Å². The molecule has 0 N–H and O–H groups in total. The normalized spacial score (nSPS) is 14.3. The third kappa shape index (κ3) is 5.35. The highest BCUT2D eigenvalue weighted by molar-refractivity contribution is 7.99. The van der Waals surface area contributed by atoms with Gasteiger partial charge >= 0.3 is 0 Å². The summed E-state index contributed by atoms with van der Waals surface area (Å²) in [5, 5.41) is 1.61. The Kier molecular flexibility index (Phi) is 7.44. The van der Waals surface area contributed by atoms with E-state index >= 15 is 0 Å². The van der Waals surface area contributed by atoms with Gasteiger partial charge < -0.3 is 4.90 Å². The number of thioether (sulfide) groups is 1. The fourth-order valence-electron chi connectivity index (χ4n) is 4.71. The van der Waals surface area contributed by atoms with E-state index in [1.807, 2.05) is 48.2 Å². The maximum absolute atomic E-state index is 13.4. The predicted octanol–water partition coefficient (Wildman–Crippen LogP) is 5.92. The van der Waals surface area contributed by atoms with Crippen molar-refractivity contribution < 1.29 is 4.79 Å². The van der Waals surface area contributed by atoms with Crippen molar-refractivity contribution in [2.75, 3.05) is 18.8 Å². The molecule has 184 valence electrons. The Morgan fingerprint density at radius 1 is 1.03 bits per heavy atom. The number of hydrogen-bond donors (Lipinski definition) is 0. The zero-order valence-electron chi connectivity index (χ0n) is 20.2. The molecule has 36 heavy (non-hydrogen) atoms. The lowest BCUT2D eigenvalue weighted by atomic mass is 9.90. The van der Waals surface area contributed by atoms with E-state index in [4.69, 9.17) is 16.6 Å². The van der Waals surface area contributed by atoms with Crippen molar-refractivity contribution in [3.05, 3.63) is 99.3 Å². The molecule has 7 heteroatoms. The predicted molar refractivity (Wildman–Crippen MR) is 147 cm³/mol. The van der Waals surface area contributed by atoms with Crippen LogP contribution in [0, 0.1) is 12.8 Å². The van der Waals surface area contributed by atoms with Gasteiger partial charge in [-0.05, 0) is 67.5 Å². The summed E-state index contributed by atoms with van der Waals surface area (Å²) in [4.78, 5) is 33.2. The van der Waals surface area contributed by atoms with E-state index in [0.29, 0.717) is 32.7 Å². The summed E-state index contributed by atoms with van der Waals surface area (Å²) in [6.07, 6.45) is 3.07. The summed E-state index contributed by atoms with van der Waals surface area (Å²) >= 11 is 7.68. The summed E-state index contributed by atoms with van der Waals surface area (Å²) < 4.78 is 1.57. The minimum atomic E-state index is -0.169. The molecule has 0 spiro atoms. The van der Waals surface area contributed by atoms with Crippen molar-refractivity contribution in [1.82, 2.24) is 14.5 Å². The van der Waals surface area contributed by atoms with Crippen LogP contribution in [0.4, 0.5) is 0 Å². The number of halogens is 1. The summed E-state index contributed by atoms with van der Waals surface area (Å²) in [6, 6.07) is 23.4. The molecule has 0 radical (unpaired) electrons. The van der Waals surface area contributed by atoms with Crippen LogP contribution in [0.2, 0.25) is 5.02 Å². The quantitative estimate of drug-likeness (QED) is 0.235. The number of aromatic nitrogens is 2. The van der Waals surface area contributed by atoms with E-state index in [-0.39, 0.29) is 17.2 Å². The summed E-state index contributed by atoms with van der Waals surface area (Å²) in [6.45, 7) is 3.45. The Bertz CT molecular complexity index is 1450. The average molecular weight is 518 g/mol. The maximum atomic E-state index is 13.4. The SMILES string of the molecule is Cc1ccc(-n2c(SCC(=O)N3CCC(Cc4ccccc4)CC3)nc3ccccc3c2=O)cc1Cl. The lowest BCUT2D eigenvalue weighted by Gasteiger charge is -2.32. The van der Waals surface area contributed by atoms with Crippen molar-refractivity contribution in [3.63, 3.8) is 0 Å². The molecular weight excluding hydrogens is 490 g/mol. The van der Waals surface area contributed by atoms with E-state index in [9.17, 15) is 9.59 Å². The summed E-state index contributed by atoms with van der Waals surface area (Å²) in [7, 11) is 0. The highest BCUT2D eigenvalue weighted by Crippen LogP contribution is 2.26. The smallest absolute Gasteiger partial charge is 0.266 e. The maximum Gasteiger partial charge on any atom is 0.266 e. The third-order valence-electron chi connectivity index (χ3n) is 6.82. The van der Waals surface area contributed by atoms with Gasteiger partial charge in [0.25, 0.3) is 5.56 Å². The van der Waals surface area contributed by atoms with Gasteiger partial charge in [0.05, 0.1) is 22.3 Å². The second-order valence-electron chi connectivity index (χ2n) is 9.29. The van der Waals surface area contributed by atoms with Crippen LogP contribution < -0.4 is 5.56 Å². The molecule has 4 aromatic rings. The van der Waals surface area contributed by atoms with Crippen LogP contribution in [-0.4, -0.2) is 39.2 Å². The van der Waals surface area contributed by atoms with Crippen LogP contribution in [0.3, 0.4) is 0 Å². The Hall–Kier alpha value is -3.09. The first kappa shape index (κ1) is 24.6. The molecule has 1 aromatic heterocycles. The van der Waals surface area contributed by atoms with Gasteiger partial charge in [-0.15, -0.1) is 0 Å². The van der Waals surface area contributed by atoms with Gasteiger partial charge in [0.15, 0.2) is 5.16 Å². The highest BCUT2D eigenvalue weighted by Gasteiger charge is 2.24. The Balaban J connectivity index is 1.32. The summed E-state index contributed by atoms with van der Waals surface area (Å²) in [5.41, 5.74) is 3.38. The number of amides is 1. The molecule has 0 unspecified atom stereocenters. The molecule has 5 rings (SSSR count). The number of benzene rings is 3. The molecule has 0 bridgehead atoms. The van der Waals surface area contributed by atoms with Crippen LogP contribution in [0.5, 0.6) is 0 Å². The van der Waals surface area contributed by atoms with Gasteiger partial charge in [0.2, 0.25) is 5.91 Å². The number of rotatable bonds is 6. The molecule has 3 aromatic carbocycles.